The van der Waals surface area contributed by atoms with E-state index < -0.39 is 10.0 Å². The van der Waals surface area contributed by atoms with Gasteiger partial charge in [-0.2, -0.15) is 0 Å². The van der Waals surface area contributed by atoms with E-state index in [2.05, 4.69) is 5.32 Å². The number of carbonyl (C=O) groups is 1. The predicted molar refractivity (Wildman–Crippen MR) is 92.8 cm³/mol. The first-order chi connectivity index (χ1) is 11.9. The molecule has 0 aliphatic carbocycles. The van der Waals surface area contributed by atoms with Gasteiger partial charge in [0.2, 0.25) is 10.0 Å². The molecule has 1 amide bonds. The average Bonchev–Trinajstić information content (AvgIpc) is 2.60. The number of para-hydroxylation sites is 1. The van der Waals surface area contributed by atoms with Crippen molar-refractivity contribution in [1.82, 2.24) is 5.32 Å². The first-order valence-electron chi connectivity index (χ1n) is 7.52. The molecule has 0 spiro atoms. The molecule has 2 aromatic carbocycles. The van der Waals surface area contributed by atoms with Gasteiger partial charge >= 0.3 is 0 Å². The van der Waals surface area contributed by atoms with Crippen molar-refractivity contribution in [1.29, 1.82) is 0 Å². The van der Waals surface area contributed by atoms with E-state index in [0.29, 0.717) is 24.3 Å². The zero-order valence-corrected chi connectivity index (χ0v) is 14.6. The van der Waals surface area contributed by atoms with Gasteiger partial charge in [-0.3, -0.25) is 4.79 Å². The van der Waals surface area contributed by atoms with Gasteiger partial charge in [-0.15, -0.1) is 0 Å². The number of nitrogens with two attached hydrogens (primary N) is 1. The van der Waals surface area contributed by atoms with Crippen molar-refractivity contribution in [3.05, 3.63) is 59.7 Å². The minimum atomic E-state index is -3.70. The summed E-state index contributed by atoms with van der Waals surface area (Å²) in [5.74, 6) is 0.187. The third kappa shape index (κ3) is 5.56. The van der Waals surface area contributed by atoms with Crippen molar-refractivity contribution in [2.24, 2.45) is 5.14 Å². The summed E-state index contributed by atoms with van der Waals surface area (Å²) in [5.41, 5.74) is 1.31. The Morgan fingerprint density at radius 2 is 1.80 bits per heavy atom. The van der Waals surface area contributed by atoms with Crippen LogP contribution in [0, 0.1) is 0 Å². The third-order valence-electron chi connectivity index (χ3n) is 3.42. The SMILES string of the molecule is COCOc1ccccc1C(=O)NCCc1ccc(S(N)(=O)=O)cc1. The van der Waals surface area contributed by atoms with E-state index in [9.17, 15) is 13.2 Å². The molecule has 0 aliphatic rings. The molecule has 0 bridgehead atoms. The van der Waals surface area contributed by atoms with Crippen LogP contribution >= 0.6 is 0 Å². The monoisotopic (exact) mass is 364 g/mol. The summed E-state index contributed by atoms with van der Waals surface area (Å²) >= 11 is 0. The number of ether oxygens (including phenoxy) is 2. The lowest BCUT2D eigenvalue weighted by molar-refractivity contribution is 0.0501. The van der Waals surface area contributed by atoms with E-state index in [1.165, 1.54) is 19.2 Å². The molecule has 134 valence electrons. The molecule has 0 unspecified atom stereocenters. The lowest BCUT2D eigenvalue weighted by Crippen LogP contribution is -2.26. The number of rotatable bonds is 8. The Morgan fingerprint density at radius 1 is 1.12 bits per heavy atom. The molecule has 0 radical (unpaired) electrons. The second-order valence-electron chi connectivity index (χ2n) is 5.24. The summed E-state index contributed by atoms with van der Waals surface area (Å²) in [5, 5.41) is 7.86. The molecule has 2 rings (SSSR count). The normalized spacial score (nSPS) is 11.1. The van der Waals surface area contributed by atoms with E-state index in [1.807, 2.05) is 0 Å². The molecule has 0 saturated heterocycles. The predicted octanol–water partition coefficient (Wildman–Crippen LogP) is 1.29. The second kappa shape index (κ2) is 8.61. The molecular weight excluding hydrogens is 344 g/mol. The average molecular weight is 364 g/mol. The van der Waals surface area contributed by atoms with E-state index >= 15 is 0 Å². The zero-order valence-electron chi connectivity index (χ0n) is 13.8. The second-order valence-corrected chi connectivity index (χ2v) is 6.80. The third-order valence-corrected chi connectivity index (χ3v) is 4.34. The number of hydrogen-bond acceptors (Lipinski definition) is 5. The Bertz CT molecular complexity index is 819. The fourth-order valence-electron chi connectivity index (χ4n) is 2.16. The van der Waals surface area contributed by atoms with Gasteiger partial charge in [0.15, 0.2) is 6.79 Å². The molecule has 0 fully saturated rings. The van der Waals surface area contributed by atoms with Gasteiger partial charge in [0.25, 0.3) is 5.91 Å². The van der Waals surface area contributed by atoms with Gasteiger partial charge in [0.05, 0.1) is 10.5 Å². The fourth-order valence-corrected chi connectivity index (χ4v) is 2.68. The van der Waals surface area contributed by atoms with Crippen LogP contribution in [0.25, 0.3) is 0 Å². The maximum atomic E-state index is 12.3. The Morgan fingerprint density at radius 3 is 2.44 bits per heavy atom. The molecule has 8 heteroatoms. The van der Waals surface area contributed by atoms with Crippen LogP contribution in [0.5, 0.6) is 5.75 Å². The van der Waals surface area contributed by atoms with E-state index in [0.717, 1.165) is 5.56 Å². The molecule has 2 aromatic rings. The Hall–Kier alpha value is -2.42. The van der Waals surface area contributed by atoms with Gasteiger partial charge in [-0.1, -0.05) is 24.3 Å². The van der Waals surface area contributed by atoms with Crippen molar-refractivity contribution in [3.8, 4) is 5.75 Å². The highest BCUT2D eigenvalue weighted by molar-refractivity contribution is 7.89. The fraction of sp³-hybridized carbons (Fsp3) is 0.235. The Kier molecular flexibility index (Phi) is 6.51. The Balaban J connectivity index is 1.92. The van der Waals surface area contributed by atoms with Gasteiger partial charge in [-0.05, 0) is 36.2 Å². The van der Waals surface area contributed by atoms with Crippen molar-refractivity contribution < 1.29 is 22.7 Å². The number of hydrogen-bond donors (Lipinski definition) is 2. The zero-order chi connectivity index (χ0) is 18.3. The molecule has 0 atom stereocenters. The topological polar surface area (TPSA) is 108 Å². The van der Waals surface area contributed by atoms with E-state index in [4.69, 9.17) is 14.6 Å². The maximum Gasteiger partial charge on any atom is 0.255 e. The molecule has 3 N–H and O–H groups in total. The number of amides is 1. The van der Waals surface area contributed by atoms with Crippen molar-refractivity contribution in [2.45, 2.75) is 11.3 Å². The molecule has 0 aliphatic heterocycles. The van der Waals surface area contributed by atoms with E-state index in [-0.39, 0.29) is 17.6 Å². The van der Waals surface area contributed by atoms with Gasteiger partial charge in [0, 0.05) is 13.7 Å². The molecule has 0 heterocycles. The quantitative estimate of drug-likeness (QED) is 0.686. The van der Waals surface area contributed by atoms with Crippen LogP contribution in [-0.4, -0.2) is 34.8 Å². The number of sulfonamides is 1. The molecule has 0 aromatic heterocycles. The smallest absolute Gasteiger partial charge is 0.255 e. The first-order valence-corrected chi connectivity index (χ1v) is 9.07. The summed E-state index contributed by atoms with van der Waals surface area (Å²) in [4.78, 5) is 12.3. The van der Waals surface area contributed by atoms with Crippen LogP contribution < -0.4 is 15.2 Å². The van der Waals surface area contributed by atoms with Gasteiger partial charge in [0.1, 0.15) is 5.75 Å². The highest BCUT2D eigenvalue weighted by Gasteiger charge is 2.12. The van der Waals surface area contributed by atoms with Crippen LogP contribution in [0.3, 0.4) is 0 Å². The van der Waals surface area contributed by atoms with Crippen LogP contribution in [0.2, 0.25) is 0 Å². The van der Waals surface area contributed by atoms with Crippen molar-refractivity contribution in [3.63, 3.8) is 0 Å². The summed E-state index contributed by atoms with van der Waals surface area (Å²) in [6.45, 7) is 0.451. The summed E-state index contributed by atoms with van der Waals surface area (Å²) in [7, 11) is -2.19. The number of carbonyl (C=O) groups excluding carboxylic acids is 1. The number of methoxy groups -OCH3 is 1. The van der Waals surface area contributed by atoms with Gasteiger partial charge < -0.3 is 14.8 Å². The van der Waals surface area contributed by atoms with Crippen LogP contribution in [0.4, 0.5) is 0 Å². The Labute approximate surface area is 146 Å². The maximum absolute atomic E-state index is 12.3. The standard InChI is InChI=1S/C17H20N2O5S/c1-23-12-24-16-5-3-2-4-15(16)17(20)19-11-10-13-6-8-14(9-7-13)25(18,21)22/h2-9H,10-12H2,1H3,(H,19,20)(H2,18,21,22). The number of benzene rings is 2. The van der Waals surface area contributed by atoms with Crippen LogP contribution in [0.1, 0.15) is 15.9 Å². The molecule has 7 nitrogen and oxygen atoms in total. The summed E-state index contributed by atoms with van der Waals surface area (Å²) in [6, 6.07) is 13.1. The molecule has 0 saturated carbocycles. The largest absolute Gasteiger partial charge is 0.467 e. The highest BCUT2D eigenvalue weighted by atomic mass is 32.2. The molecular formula is C17H20N2O5S. The number of nitrogens with one attached hydrogen (secondary N) is 1. The highest BCUT2D eigenvalue weighted by Crippen LogP contribution is 2.17. The summed E-state index contributed by atoms with van der Waals surface area (Å²) < 4.78 is 32.6. The lowest BCUT2D eigenvalue weighted by Gasteiger charge is -2.11. The molecule has 25 heavy (non-hydrogen) atoms. The van der Waals surface area contributed by atoms with Crippen molar-refractivity contribution >= 4 is 15.9 Å². The minimum absolute atomic E-state index is 0.0562. The van der Waals surface area contributed by atoms with E-state index in [1.54, 1.807) is 36.4 Å². The van der Waals surface area contributed by atoms with Crippen LogP contribution in [-0.2, 0) is 21.2 Å². The van der Waals surface area contributed by atoms with Crippen LogP contribution in [0.15, 0.2) is 53.4 Å². The number of primary sulfonamides is 1. The van der Waals surface area contributed by atoms with Crippen molar-refractivity contribution in [2.75, 3.05) is 20.4 Å². The minimum Gasteiger partial charge on any atom is -0.467 e. The lowest BCUT2D eigenvalue weighted by atomic mass is 10.1. The first kappa shape index (κ1) is 18.9. The van der Waals surface area contributed by atoms with Gasteiger partial charge in [-0.25, -0.2) is 13.6 Å². The summed E-state index contributed by atoms with van der Waals surface area (Å²) in [6.07, 6.45) is 0.553.